The van der Waals surface area contributed by atoms with Crippen LogP contribution in [0.25, 0.3) is 0 Å². The first-order valence-electron chi connectivity index (χ1n) is 8.70. The summed E-state index contributed by atoms with van der Waals surface area (Å²) in [5.74, 6) is 0.653. The zero-order valence-corrected chi connectivity index (χ0v) is 15.4. The monoisotopic (exact) mass is 360 g/mol. The zero-order valence-electron chi connectivity index (χ0n) is 14.6. The topological polar surface area (TPSA) is 58.6 Å². The van der Waals surface area contributed by atoms with Crippen molar-refractivity contribution in [1.29, 1.82) is 0 Å². The normalized spacial score (nSPS) is 16.8. The first-order chi connectivity index (χ1) is 12.2. The zero-order chi connectivity index (χ0) is 17.9. The van der Waals surface area contributed by atoms with Crippen molar-refractivity contribution in [3.05, 3.63) is 48.5 Å². The molecule has 0 saturated carbocycles. The number of rotatable bonds is 3. The number of ether oxygens (including phenoxy) is 1. The molecular formula is C19H24N2O3S. The number of anilines is 1. The Hall–Kier alpha value is -2.05. The minimum absolute atomic E-state index is 0.274. The van der Waals surface area contributed by atoms with Crippen LogP contribution in [0.2, 0.25) is 0 Å². The number of sulfone groups is 1. The van der Waals surface area contributed by atoms with Gasteiger partial charge in [-0.3, -0.25) is 0 Å². The third kappa shape index (κ3) is 3.37. The Labute approximate surface area is 149 Å². The summed E-state index contributed by atoms with van der Waals surface area (Å²) in [6.45, 7) is 7.34. The van der Waals surface area contributed by atoms with Crippen molar-refractivity contribution in [2.24, 2.45) is 0 Å². The number of hydrogen-bond donors (Lipinski definition) is 1. The molecule has 4 rings (SSSR count). The first kappa shape index (κ1) is 17.8. The van der Waals surface area contributed by atoms with Gasteiger partial charge in [0.05, 0.1) is 28.1 Å². The van der Waals surface area contributed by atoms with Crippen LogP contribution in [0.4, 0.5) is 5.69 Å². The average molecular weight is 360 g/mol. The van der Waals surface area contributed by atoms with Gasteiger partial charge in [0, 0.05) is 19.2 Å². The fourth-order valence-electron chi connectivity index (χ4n) is 3.00. The molecular weight excluding hydrogens is 336 g/mol. The number of nitrogens with zero attached hydrogens (tertiary/aromatic N) is 1. The number of nitrogens with one attached hydrogen (secondary N) is 1. The van der Waals surface area contributed by atoms with E-state index < -0.39 is 9.84 Å². The largest absolute Gasteiger partial charge is 0.490 e. The third-order valence-electron chi connectivity index (χ3n) is 4.39. The Kier molecular flexibility index (Phi) is 5.30. The van der Waals surface area contributed by atoms with E-state index in [2.05, 4.69) is 10.2 Å². The van der Waals surface area contributed by atoms with Crippen LogP contribution in [-0.2, 0) is 9.84 Å². The van der Waals surface area contributed by atoms with Crippen molar-refractivity contribution < 1.29 is 13.2 Å². The van der Waals surface area contributed by atoms with Crippen molar-refractivity contribution in [3.63, 3.8) is 0 Å². The highest BCUT2D eigenvalue weighted by Gasteiger charge is 2.30. The smallest absolute Gasteiger partial charge is 0.206 e. The van der Waals surface area contributed by atoms with Gasteiger partial charge in [-0.15, -0.1) is 0 Å². The fourth-order valence-corrected chi connectivity index (χ4v) is 4.29. The second-order valence-electron chi connectivity index (χ2n) is 5.80. The van der Waals surface area contributed by atoms with E-state index >= 15 is 0 Å². The van der Waals surface area contributed by atoms with Gasteiger partial charge in [-0.05, 0) is 24.3 Å². The van der Waals surface area contributed by atoms with E-state index in [0.717, 1.165) is 25.3 Å². The van der Waals surface area contributed by atoms with Gasteiger partial charge in [-0.1, -0.05) is 32.0 Å². The molecule has 2 heterocycles. The summed E-state index contributed by atoms with van der Waals surface area (Å²) in [5.41, 5.74) is 0.981. The SMILES string of the molecule is CC.O=S(=O)(c1ccccc1)c1ccc2c(c1)OCCN2C1CNC1. The van der Waals surface area contributed by atoms with Gasteiger partial charge in [0.2, 0.25) is 9.84 Å². The fraction of sp³-hybridized carbons (Fsp3) is 0.368. The first-order valence-corrected chi connectivity index (χ1v) is 10.2. The molecule has 6 heteroatoms. The predicted octanol–water partition coefficient (Wildman–Crippen LogP) is 2.72. The number of hydrogen-bond acceptors (Lipinski definition) is 5. The summed E-state index contributed by atoms with van der Waals surface area (Å²) in [5, 5.41) is 3.27. The lowest BCUT2D eigenvalue weighted by Gasteiger charge is -2.42. The molecule has 25 heavy (non-hydrogen) atoms. The third-order valence-corrected chi connectivity index (χ3v) is 6.16. The van der Waals surface area contributed by atoms with Crippen molar-refractivity contribution in [1.82, 2.24) is 5.32 Å². The minimum Gasteiger partial charge on any atom is -0.490 e. The van der Waals surface area contributed by atoms with Crippen LogP contribution in [0, 0.1) is 0 Å². The lowest BCUT2D eigenvalue weighted by Crippen LogP contribution is -2.59. The molecule has 2 aliphatic heterocycles. The highest BCUT2D eigenvalue weighted by Crippen LogP contribution is 2.36. The van der Waals surface area contributed by atoms with Gasteiger partial charge in [-0.2, -0.15) is 0 Å². The summed E-state index contributed by atoms with van der Waals surface area (Å²) in [6, 6.07) is 14.1. The van der Waals surface area contributed by atoms with Gasteiger partial charge in [-0.25, -0.2) is 8.42 Å². The van der Waals surface area contributed by atoms with E-state index in [1.165, 1.54) is 0 Å². The van der Waals surface area contributed by atoms with Crippen molar-refractivity contribution in [2.45, 2.75) is 29.7 Å². The minimum atomic E-state index is -3.51. The molecule has 0 amide bonds. The summed E-state index contributed by atoms with van der Waals surface area (Å²) in [6.07, 6.45) is 0. The van der Waals surface area contributed by atoms with Crippen LogP contribution in [0.15, 0.2) is 58.3 Å². The second kappa shape index (κ2) is 7.45. The molecule has 1 saturated heterocycles. The quantitative estimate of drug-likeness (QED) is 0.912. The second-order valence-corrected chi connectivity index (χ2v) is 7.75. The Morgan fingerprint density at radius 2 is 1.76 bits per heavy atom. The average Bonchev–Trinajstić information content (AvgIpc) is 2.62. The van der Waals surface area contributed by atoms with Gasteiger partial charge < -0.3 is 15.0 Å². The predicted molar refractivity (Wildman–Crippen MR) is 99.2 cm³/mol. The van der Waals surface area contributed by atoms with Crippen LogP contribution in [0.3, 0.4) is 0 Å². The molecule has 1 N–H and O–H groups in total. The van der Waals surface area contributed by atoms with Gasteiger partial charge in [0.25, 0.3) is 0 Å². The van der Waals surface area contributed by atoms with E-state index in [4.69, 9.17) is 4.74 Å². The standard InChI is InChI=1S/C17H18N2O3S.C2H6/c20-23(21,14-4-2-1-3-5-14)15-6-7-16-17(10-15)22-9-8-19(16)13-11-18-12-13;1-2/h1-7,10,13,18H,8-9,11-12H2;1-2H3. The van der Waals surface area contributed by atoms with Crippen molar-refractivity contribution in [2.75, 3.05) is 31.1 Å². The maximum absolute atomic E-state index is 12.7. The molecule has 2 aromatic rings. The summed E-state index contributed by atoms with van der Waals surface area (Å²) < 4.78 is 31.2. The van der Waals surface area contributed by atoms with Gasteiger partial charge in [0.1, 0.15) is 12.4 Å². The molecule has 0 aliphatic carbocycles. The van der Waals surface area contributed by atoms with E-state index in [0.29, 0.717) is 23.3 Å². The van der Waals surface area contributed by atoms with Crippen LogP contribution < -0.4 is 15.0 Å². The highest BCUT2D eigenvalue weighted by molar-refractivity contribution is 7.91. The number of fused-ring (bicyclic) bond motifs is 1. The molecule has 1 fully saturated rings. The summed E-state index contributed by atoms with van der Waals surface area (Å²) in [7, 11) is -3.51. The van der Waals surface area contributed by atoms with Crippen molar-refractivity contribution in [3.8, 4) is 5.75 Å². The molecule has 2 aliphatic rings. The number of benzene rings is 2. The molecule has 2 aromatic carbocycles. The maximum Gasteiger partial charge on any atom is 0.206 e. The lowest BCUT2D eigenvalue weighted by atomic mass is 10.1. The van der Waals surface area contributed by atoms with E-state index in [1.807, 2.05) is 19.9 Å². The van der Waals surface area contributed by atoms with Gasteiger partial charge in [0.15, 0.2) is 0 Å². The molecule has 134 valence electrons. The van der Waals surface area contributed by atoms with Crippen molar-refractivity contribution >= 4 is 15.5 Å². The molecule has 0 bridgehead atoms. The summed E-state index contributed by atoms with van der Waals surface area (Å²) >= 11 is 0. The Morgan fingerprint density at radius 1 is 1.04 bits per heavy atom. The Balaban J connectivity index is 0.000000880. The Bertz CT molecular complexity index is 818. The Morgan fingerprint density at radius 3 is 2.40 bits per heavy atom. The molecule has 0 atom stereocenters. The van der Waals surface area contributed by atoms with Crippen LogP contribution >= 0.6 is 0 Å². The molecule has 5 nitrogen and oxygen atoms in total. The van der Waals surface area contributed by atoms with Crippen LogP contribution in [0.5, 0.6) is 5.75 Å². The molecule has 0 spiro atoms. The van der Waals surface area contributed by atoms with E-state index in [-0.39, 0.29) is 4.90 Å². The highest BCUT2D eigenvalue weighted by atomic mass is 32.2. The maximum atomic E-state index is 12.7. The van der Waals surface area contributed by atoms with E-state index in [1.54, 1.807) is 42.5 Å². The van der Waals surface area contributed by atoms with Crippen LogP contribution in [0.1, 0.15) is 13.8 Å². The molecule has 0 radical (unpaired) electrons. The molecule has 0 unspecified atom stereocenters. The van der Waals surface area contributed by atoms with E-state index in [9.17, 15) is 8.42 Å². The van der Waals surface area contributed by atoms with Crippen LogP contribution in [-0.4, -0.2) is 40.7 Å². The lowest BCUT2D eigenvalue weighted by molar-refractivity contribution is 0.285. The molecule has 0 aromatic heterocycles. The summed E-state index contributed by atoms with van der Waals surface area (Å²) in [4.78, 5) is 2.88. The van der Waals surface area contributed by atoms with Gasteiger partial charge >= 0.3 is 0 Å².